The highest BCUT2D eigenvalue weighted by Gasteiger charge is 2.30. The highest BCUT2D eigenvalue weighted by molar-refractivity contribution is 7.89. The number of hydrogen-bond acceptors (Lipinski definition) is 5. The van der Waals surface area contributed by atoms with E-state index >= 15 is 0 Å². The fourth-order valence-electron chi connectivity index (χ4n) is 3.08. The molecule has 0 aliphatic carbocycles. The van der Waals surface area contributed by atoms with Crippen LogP contribution in [0.3, 0.4) is 0 Å². The maximum atomic E-state index is 12.9. The summed E-state index contributed by atoms with van der Waals surface area (Å²) in [4.78, 5) is 23.9. The van der Waals surface area contributed by atoms with Crippen LogP contribution in [0.5, 0.6) is 5.75 Å². The van der Waals surface area contributed by atoms with Crippen molar-refractivity contribution < 1.29 is 22.7 Å². The number of rotatable bonds is 6. The molecule has 8 heteroatoms. The van der Waals surface area contributed by atoms with E-state index in [-0.39, 0.29) is 22.0 Å². The van der Waals surface area contributed by atoms with E-state index < -0.39 is 15.9 Å². The highest BCUT2D eigenvalue weighted by Crippen LogP contribution is 2.30. The topological polar surface area (TPSA) is 92.8 Å². The minimum Gasteiger partial charge on any atom is -0.495 e. The second-order valence-corrected chi connectivity index (χ2v) is 8.47. The average molecular weight is 402 g/mol. The Bertz CT molecular complexity index is 994. The Balaban J connectivity index is 1.87. The van der Waals surface area contributed by atoms with Gasteiger partial charge < -0.3 is 10.1 Å². The molecule has 1 saturated heterocycles. The van der Waals surface area contributed by atoms with Gasteiger partial charge in [-0.2, -0.15) is 4.31 Å². The number of benzene rings is 2. The van der Waals surface area contributed by atoms with E-state index in [0.29, 0.717) is 24.3 Å². The van der Waals surface area contributed by atoms with Gasteiger partial charge in [0.15, 0.2) is 5.78 Å². The molecule has 0 aromatic heterocycles. The summed E-state index contributed by atoms with van der Waals surface area (Å²) in [5, 5.41) is 2.71. The number of amides is 1. The van der Waals surface area contributed by atoms with E-state index in [4.69, 9.17) is 4.74 Å². The van der Waals surface area contributed by atoms with Crippen LogP contribution in [-0.4, -0.2) is 44.6 Å². The number of carbonyl (C=O) groups is 2. The summed E-state index contributed by atoms with van der Waals surface area (Å²) < 4.78 is 32.5. The molecule has 1 aliphatic heterocycles. The Morgan fingerprint density at radius 2 is 1.61 bits per heavy atom. The molecular formula is C20H22N2O5S. The van der Waals surface area contributed by atoms with Crippen molar-refractivity contribution in [1.29, 1.82) is 0 Å². The molecule has 0 unspecified atom stereocenters. The molecular weight excluding hydrogens is 380 g/mol. The Hall–Kier alpha value is -2.71. The minimum atomic E-state index is -3.73. The molecule has 1 N–H and O–H groups in total. The van der Waals surface area contributed by atoms with Gasteiger partial charge in [-0.15, -0.1) is 0 Å². The largest absolute Gasteiger partial charge is 0.495 e. The number of ketones is 1. The molecule has 1 heterocycles. The second kappa shape index (κ2) is 8.12. The monoisotopic (exact) mass is 402 g/mol. The smallest absolute Gasteiger partial charge is 0.255 e. The lowest BCUT2D eigenvalue weighted by molar-refractivity contribution is 0.101. The fourth-order valence-corrected chi connectivity index (χ4v) is 4.78. The van der Waals surface area contributed by atoms with E-state index in [1.54, 1.807) is 24.3 Å². The second-order valence-electron chi connectivity index (χ2n) is 6.56. The number of Topliss-reactive ketones (excluding diaryl/α,β-unsaturated/α-hetero) is 1. The van der Waals surface area contributed by atoms with Crippen molar-refractivity contribution in [3.8, 4) is 5.75 Å². The van der Waals surface area contributed by atoms with Gasteiger partial charge in [0.1, 0.15) is 10.6 Å². The zero-order valence-electron chi connectivity index (χ0n) is 15.8. The van der Waals surface area contributed by atoms with Gasteiger partial charge in [0.25, 0.3) is 5.91 Å². The quantitative estimate of drug-likeness (QED) is 0.750. The van der Waals surface area contributed by atoms with Crippen LogP contribution in [-0.2, 0) is 10.0 Å². The minimum absolute atomic E-state index is 0.0172. The molecule has 28 heavy (non-hydrogen) atoms. The lowest BCUT2D eigenvalue weighted by Gasteiger charge is -2.18. The van der Waals surface area contributed by atoms with Crippen molar-refractivity contribution >= 4 is 27.4 Å². The number of sulfonamides is 1. The molecule has 0 atom stereocenters. The molecule has 1 amide bonds. The molecule has 0 saturated carbocycles. The third-order valence-electron chi connectivity index (χ3n) is 4.66. The fraction of sp³-hybridized carbons (Fsp3) is 0.300. The summed E-state index contributed by atoms with van der Waals surface area (Å²) in [5.41, 5.74) is 1.26. The van der Waals surface area contributed by atoms with Gasteiger partial charge in [0.2, 0.25) is 10.0 Å². The van der Waals surface area contributed by atoms with Crippen molar-refractivity contribution in [2.45, 2.75) is 24.7 Å². The maximum Gasteiger partial charge on any atom is 0.255 e. The van der Waals surface area contributed by atoms with E-state index in [2.05, 4.69) is 5.32 Å². The van der Waals surface area contributed by atoms with Crippen molar-refractivity contribution in [2.24, 2.45) is 0 Å². The number of anilines is 1. The zero-order chi connectivity index (χ0) is 20.3. The molecule has 7 nitrogen and oxygen atoms in total. The Morgan fingerprint density at radius 1 is 1.00 bits per heavy atom. The van der Waals surface area contributed by atoms with Gasteiger partial charge in [0, 0.05) is 29.9 Å². The SMILES string of the molecule is COc1ccc(C(=O)Nc2ccc(C(C)=O)cc2)cc1S(=O)(=O)N1CCCC1. The van der Waals surface area contributed by atoms with E-state index in [0.717, 1.165) is 12.8 Å². The summed E-state index contributed by atoms with van der Waals surface area (Å²) in [5.74, 6) is -0.310. The van der Waals surface area contributed by atoms with Gasteiger partial charge in [0.05, 0.1) is 7.11 Å². The third kappa shape index (κ3) is 4.07. The summed E-state index contributed by atoms with van der Waals surface area (Å²) in [6.07, 6.45) is 1.63. The van der Waals surface area contributed by atoms with Crippen molar-refractivity contribution in [3.63, 3.8) is 0 Å². The molecule has 0 bridgehead atoms. The van der Waals surface area contributed by atoms with E-state index in [1.165, 1.54) is 36.5 Å². The van der Waals surface area contributed by atoms with Gasteiger partial charge in [-0.1, -0.05) is 0 Å². The summed E-state index contributed by atoms with van der Waals surface area (Å²) in [6.45, 7) is 2.39. The van der Waals surface area contributed by atoms with Crippen LogP contribution in [0.15, 0.2) is 47.4 Å². The van der Waals surface area contributed by atoms with Crippen molar-refractivity contribution in [3.05, 3.63) is 53.6 Å². The third-order valence-corrected chi connectivity index (χ3v) is 6.58. The first-order valence-electron chi connectivity index (χ1n) is 8.93. The van der Waals surface area contributed by atoms with Crippen LogP contribution >= 0.6 is 0 Å². The van der Waals surface area contributed by atoms with Crippen LogP contribution < -0.4 is 10.1 Å². The summed E-state index contributed by atoms with van der Waals surface area (Å²) in [7, 11) is -2.34. The molecule has 1 aliphatic rings. The molecule has 2 aromatic rings. The molecule has 2 aromatic carbocycles. The number of ether oxygens (including phenoxy) is 1. The van der Waals surface area contributed by atoms with Gasteiger partial charge >= 0.3 is 0 Å². The Kier molecular flexibility index (Phi) is 5.81. The van der Waals surface area contributed by atoms with E-state index in [9.17, 15) is 18.0 Å². The first kappa shape index (κ1) is 20.0. The van der Waals surface area contributed by atoms with Gasteiger partial charge in [-0.25, -0.2) is 8.42 Å². The van der Waals surface area contributed by atoms with Crippen molar-refractivity contribution in [2.75, 3.05) is 25.5 Å². The lowest BCUT2D eigenvalue weighted by atomic mass is 10.1. The lowest BCUT2D eigenvalue weighted by Crippen LogP contribution is -2.28. The first-order valence-corrected chi connectivity index (χ1v) is 10.4. The predicted molar refractivity (Wildman–Crippen MR) is 105 cm³/mol. The van der Waals surface area contributed by atoms with Gasteiger partial charge in [-0.05, 0) is 62.2 Å². The average Bonchev–Trinajstić information content (AvgIpc) is 3.23. The number of methoxy groups -OCH3 is 1. The Labute approximate surface area is 164 Å². The number of hydrogen-bond donors (Lipinski definition) is 1. The molecule has 0 radical (unpaired) electrons. The Morgan fingerprint density at radius 3 is 2.18 bits per heavy atom. The number of carbonyl (C=O) groups excluding carboxylic acids is 2. The maximum absolute atomic E-state index is 12.9. The van der Waals surface area contributed by atoms with Crippen LogP contribution in [0.25, 0.3) is 0 Å². The summed E-state index contributed by atoms with van der Waals surface area (Å²) in [6, 6.07) is 10.8. The van der Waals surface area contributed by atoms with E-state index in [1.807, 2.05) is 0 Å². The van der Waals surface area contributed by atoms with Crippen LogP contribution in [0.1, 0.15) is 40.5 Å². The molecule has 1 fully saturated rings. The van der Waals surface area contributed by atoms with Crippen LogP contribution in [0, 0.1) is 0 Å². The summed E-state index contributed by atoms with van der Waals surface area (Å²) >= 11 is 0. The highest BCUT2D eigenvalue weighted by atomic mass is 32.2. The van der Waals surface area contributed by atoms with Crippen molar-refractivity contribution in [1.82, 2.24) is 4.31 Å². The predicted octanol–water partition coefficient (Wildman–Crippen LogP) is 2.93. The standard InChI is InChI=1S/C20H22N2O5S/c1-14(23)15-5-8-17(9-6-15)21-20(24)16-7-10-18(27-2)19(13-16)28(25,26)22-11-3-4-12-22/h5-10,13H,3-4,11-12H2,1-2H3,(H,21,24). The molecule has 3 rings (SSSR count). The van der Waals surface area contributed by atoms with Crippen LogP contribution in [0.2, 0.25) is 0 Å². The number of nitrogens with one attached hydrogen (secondary N) is 1. The van der Waals surface area contributed by atoms with Crippen LogP contribution in [0.4, 0.5) is 5.69 Å². The molecule has 0 spiro atoms. The molecule has 148 valence electrons. The van der Waals surface area contributed by atoms with Gasteiger partial charge in [-0.3, -0.25) is 9.59 Å². The zero-order valence-corrected chi connectivity index (χ0v) is 16.6. The number of nitrogens with zero attached hydrogens (tertiary/aromatic N) is 1. The first-order chi connectivity index (χ1) is 13.3. The normalized spacial score (nSPS) is 14.6.